The molecule has 1 aromatic carbocycles. The molecular formula is C14H18ClN3. The van der Waals surface area contributed by atoms with E-state index in [-0.39, 0.29) is 5.54 Å². The summed E-state index contributed by atoms with van der Waals surface area (Å²) < 4.78 is 0. The molecule has 0 aliphatic heterocycles. The highest BCUT2D eigenvalue weighted by Gasteiger charge is 2.20. The Morgan fingerprint density at radius 2 is 2.17 bits per heavy atom. The van der Waals surface area contributed by atoms with Gasteiger partial charge < -0.3 is 11.1 Å². The monoisotopic (exact) mass is 263 g/mol. The zero-order valence-electron chi connectivity index (χ0n) is 10.7. The standard InChI is InChI=1S/C14H18ClN3/c1-3-14(2,9-16)18-12-6-7-17-13-8-10(15)4-5-11(12)13/h4-8H,3,9,16H2,1-2H3,(H,17,18). The molecule has 0 saturated heterocycles. The molecule has 0 aliphatic carbocycles. The number of anilines is 1. The maximum atomic E-state index is 5.98. The van der Waals surface area contributed by atoms with Gasteiger partial charge in [0.1, 0.15) is 0 Å². The summed E-state index contributed by atoms with van der Waals surface area (Å²) in [5, 5.41) is 5.27. The van der Waals surface area contributed by atoms with Crippen molar-refractivity contribution in [2.75, 3.05) is 11.9 Å². The highest BCUT2D eigenvalue weighted by atomic mass is 35.5. The van der Waals surface area contributed by atoms with Gasteiger partial charge in [-0.3, -0.25) is 4.98 Å². The van der Waals surface area contributed by atoms with Crippen LogP contribution in [0.3, 0.4) is 0 Å². The number of nitrogens with zero attached hydrogens (tertiary/aromatic N) is 1. The predicted molar refractivity (Wildman–Crippen MR) is 78.1 cm³/mol. The zero-order chi connectivity index (χ0) is 13.2. The summed E-state index contributed by atoms with van der Waals surface area (Å²) in [4.78, 5) is 4.33. The molecule has 0 spiro atoms. The lowest BCUT2D eigenvalue weighted by molar-refractivity contribution is 0.507. The highest BCUT2D eigenvalue weighted by molar-refractivity contribution is 6.31. The number of nitrogens with two attached hydrogens (primary N) is 1. The number of benzene rings is 1. The molecule has 0 fully saturated rings. The van der Waals surface area contributed by atoms with Crippen molar-refractivity contribution < 1.29 is 0 Å². The molecule has 2 aromatic rings. The molecule has 18 heavy (non-hydrogen) atoms. The van der Waals surface area contributed by atoms with Crippen molar-refractivity contribution in [3.63, 3.8) is 0 Å². The molecule has 1 aromatic heterocycles. The van der Waals surface area contributed by atoms with E-state index in [4.69, 9.17) is 17.3 Å². The average Bonchev–Trinajstić information content (AvgIpc) is 2.38. The van der Waals surface area contributed by atoms with Crippen LogP contribution in [0.2, 0.25) is 5.02 Å². The zero-order valence-corrected chi connectivity index (χ0v) is 11.5. The van der Waals surface area contributed by atoms with Crippen LogP contribution in [0.4, 0.5) is 5.69 Å². The Morgan fingerprint density at radius 3 is 2.83 bits per heavy atom. The fraction of sp³-hybridized carbons (Fsp3) is 0.357. The summed E-state index contributed by atoms with van der Waals surface area (Å²) >= 11 is 5.98. The van der Waals surface area contributed by atoms with E-state index in [1.165, 1.54) is 0 Å². The van der Waals surface area contributed by atoms with Gasteiger partial charge in [0.25, 0.3) is 0 Å². The molecule has 1 atom stereocenters. The van der Waals surface area contributed by atoms with Gasteiger partial charge in [0.2, 0.25) is 0 Å². The Kier molecular flexibility index (Phi) is 3.73. The van der Waals surface area contributed by atoms with Gasteiger partial charge in [0.05, 0.1) is 5.52 Å². The van der Waals surface area contributed by atoms with Crippen molar-refractivity contribution in [3.8, 4) is 0 Å². The minimum atomic E-state index is -0.103. The van der Waals surface area contributed by atoms with Crippen LogP contribution in [0.1, 0.15) is 20.3 Å². The quantitative estimate of drug-likeness (QED) is 0.889. The molecule has 4 heteroatoms. The molecule has 0 aliphatic rings. The number of hydrogen-bond donors (Lipinski definition) is 2. The maximum Gasteiger partial charge on any atom is 0.0737 e. The largest absolute Gasteiger partial charge is 0.378 e. The minimum Gasteiger partial charge on any atom is -0.378 e. The minimum absolute atomic E-state index is 0.103. The molecule has 0 radical (unpaired) electrons. The van der Waals surface area contributed by atoms with Crippen molar-refractivity contribution in [2.45, 2.75) is 25.8 Å². The Labute approximate surface area is 112 Å². The molecule has 3 nitrogen and oxygen atoms in total. The van der Waals surface area contributed by atoms with Gasteiger partial charge in [-0.05, 0) is 37.6 Å². The number of halogens is 1. The fourth-order valence-electron chi connectivity index (χ4n) is 1.84. The molecule has 1 unspecified atom stereocenters. The van der Waals surface area contributed by atoms with E-state index < -0.39 is 0 Å². The van der Waals surface area contributed by atoms with Crippen molar-refractivity contribution in [1.29, 1.82) is 0 Å². The second-order valence-electron chi connectivity index (χ2n) is 4.76. The number of rotatable bonds is 4. The van der Waals surface area contributed by atoms with Crippen LogP contribution >= 0.6 is 11.6 Å². The van der Waals surface area contributed by atoms with Crippen LogP contribution < -0.4 is 11.1 Å². The first-order chi connectivity index (χ1) is 8.58. The van der Waals surface area contributed by atoms with Gasteiger partial charge in [0, 0.05) is 34.4 Å². The van der Waals surface area contributed by atoms with E-state index in [1.807, 2.05) is 24.3 Å². The molecule has 2 rings (SSSR count). The van der Waals surface area contributed by atoms with Crippen LogP contribution in [0.15, 0.2) is 30.5 Å². The number of fused-ring (bicyclic) bond motifs is 1. The summed E-state index contributed by atoms with van der Waals surface area (Å²) in [6, 6.07) is 7.70. The molecule has 0 saturated carbocycles. The number of aromatic nitrogens is 1. The summed E-state index contributed by atoms with van der Waals surface area (Å²) in [5.74, 6) is 0. The molecule has 3 N–H and O–H groups in total. The van der Waals surface area contributed by atoms with Crippen LogP contribution in [0, 0.1) is 0 Å². The van der Waals surface area contributed by atoms with Gasteiger partial charge in [-0.15, -0.1) is 0 Å². The molecule has 0 amide bonds. The first-order valence-corrected chi connectivity index (χ1v) is 6.48. The second-order valence-corrected chi connectivity index (χ2v) is 5.20. The van der Waals surface area contributed by atoms with Crippen LogP contribution in [0.5, 0.6) is 0 Å². The molecular weight excluding hydrogens is 246 g/mol. The molecule has 0 bridgehead atoms. The topological polar surface area (TPSA) is 50.9 Å². The Balaban J connectivity index is 2.45. The summed E-state index contributed by atoms with van der Waals surface area (Å²) in [7, 11) is 0. The third-order valence-corrected chi connectivity index (χ3v) is 3.61. The van der Waals surface area contributed by atoms with Gasteiger partial charge in [-0.25, -0.2) is 0 Å². The SMILES string of the molecule is CCC(C)(CN)Nc1ccnc2cc(Cl)ccc12. The lowest BCUT2D eigenvalue weighted by atomic mass is 9.98. The van der Waals surface area contributed by atoms with Gasteiger partial charge in [-0.1, -0.05) is 18.5 Å². The highest BCUT2D eigenvalue weighted by Crippen LogP contribution is 2.27. The average molecular weight is 264 g/mol. The normalized spacial score (nSPS) is 14.4. The smallest absolute Gasteiger partial charge is 0.0737 e. The first kappa shape index (κ1) is 13.1. The lowest BCUT2D eigenvalue weighted by Crippen LogP contribution is -2.41. The predicted octanol–water partition coefficient (Wildman–Crippen LogP) is 3.43. The Bertz CT molecular complexity index is 550. The van der Waals surface area contributed by atoms with Gasteiger partial charge >= 0.3 is 0 Å². The van der Waals surface area contributed by atoms with Crippen molar-refractivity contribution in [2.24, 2.45) is 5.73 Å². The summed E-state index contributed by atoms with van der Waals surface area (Å²) in [6.07, 6.45) is 2.74. The summed E-state index contributed by atoms with van der Waals surface area (Å²) in [5.41, 5.74) is 7.67. The van der Waals surface area contributed by atoms with E-state index in [9.17, 15) is 0 Å². The van der Waals surface area contributed by atoms with Crippen LogP contribution in [-0.4, -0.2) is 17.1 Å². The van der Waals surface area contributed by atoms with E-state index >= 15 is 0 Å². The van der Waals surface area contributed by atoms with Crippen molar-refractivity contribution in [1.82, 2.24) is 4.98 Å². The van der Waals surface area contributed by atoms with E-state index in [2.05, 4.69) is 24.1 Å². The van der Waals surface area contributed by atoms with Crippen LogP contribution in [-0.2, 0) is 0 Å². The van der Waals surface area contributed by atoms with E-state index in [0.29, 0.717) is 11.6 Å². The number of pyridine rings is 1. The van der Waals surface area contributed by atoms with E-state index in [0.717, 1.165) is 23.0 Å². The second kappa shape index (κ2) is 5.12. The number of hydrogen-bond acceptors (Lipinski definition) is 3. The Morgan fingerprint density at radius 1 is 1.39 bits per heavy atom. The fourth-order valence-corrected chi connectivity index (χ4v) is 2.01. The summed E-state index contributed by atoms with van der Waals surface area (Å²) in [6.45, 7) is 4.83. The van der Waals surface area contributed by atoms with Crippen LogP contribution in [0.25, 0.3) is 10.9 Å². The maximum absolute atomic E-state index is 5.98. The van der Waals surface area contributed by atoms with E-state index in [1.54, 1.807) is 6.20 Å². The molecule has 96 valence electrons. The van der Waals surface area contributed by atoms with Crippen molar-refractivity contribution >= 4 is 28.2 Å². The Hall–Kier alpha value is -1.32. The lowest BCUT2D eigenvalue weighted by Gasteiger charge is -2.29. The first-order valence-electron chi connectivity index (χ1n) is 6.10. The third kappa shape index (κ3) is 2.57. The van der Waals surface area contributed by atoms with Gasteiger partial charge in [0.15, 0.2) is 0 Å². The van der Waals surface area contributed by atoms with Gasteiger partial charge in [-0.2, -0.15) is 0 Å². The third-order valence-electron chi connectivity index (χ3n) is 3.37. The van der Waals surface area contributed by atoms with Crippen molar-refractivity contribution in [3.05, 3.63) is 35.5 Å². The molecule has 1 heterocycles. The number of nitrogens with one attached hydrogen (secondary N) is 1.